The molecular weight excluding hydrogens is 223 g/mol. The molecule has 0 atom stereocenters. The number of halogens is 1. The van der Waals surface area contributed by atoms with Gasteiger partial charge in [0.15, 0.2) is 0 Å². The third-order valence-electron chi connectivity index (χ3n) is 3.41. The van der Waals surface area contributed by atoms with E-state index in [1.807, 2.05) is 12.1 Å². The second-order valence-corrected chi connectivity index (χ2v) is 4.86. The zero-order valence-corrected chi connectivity index (χ0v) is 11.3. The molecule has 0 radical (unpaired) electrons. The maximum Gasteiger partial charge on any atom is 0.127 e. The molecule has 2 aromatic rings. The first kappa shape index (κ1) is 12.8. The van der Waals surface area contributed by atoms with Gasteiger partial charge in [0.05, 0.1) is 0 Å². The van der Waals surface area contributed by atoms with Crippen molar-refractivity contribution in [3.63, 3.8) is 0 Å². The molecular formula is C17H19F. The summed E-state index contributed by atoms with van der Waals surface area (Å²) in [5.41, 5.74) is 5.35. The monoisotopic (exact) mass is 242 g/mol. The summed E-state index contributed by atoms with van der Waals surface area (Å²) in [7, 11) is 0. The normalized spacial score (nSPS) is 10.7. The van der Waals surface area contributed by atoms with E-state index in [4.69, 9.17) is 0 Å². The van der Waals surface area contributed by atoms with Crippen molar-refractivity contribution in [1.82, 2.24) is 0 Å². The summed E-state index contributed by atoms with van der Waals surface area (Å²) < 4.78 is 13.9. The van der Waals surface area contributed by atoms with Gasteiger partial charge >= 0.3 is 0 Å². The molecule has 0 spiro atoms. The Hall–Kier alpha value is -1.63. The van der Waals surface area contributed by atoms with Crippen LogP contribution in [0.2, 0.25) is 0 Å². The first-order valence-corrected chi connectivity index (χ1v) is 6.48. The molecule has 0 aromatic heterocycles. The molecule has 2 aromatic carbocycles. The summed E-state index contributed by atoms with van der Waals surface area (Å²) in [6.07, 6.45) is 1.78. The average molecular weight is 242 g/mol. The van der Waals surface area contributed by atoms with Crippen molar-refractivity contribution in [3.05, 3.63) is 58.9 Å². The highest BCUT2D eigenvalue weighted by Gasteiger charge is 2.05. The zero-order chi connectivity index (χ0) is 13.1. The number of hydrogen-bond donors (Lipinski definition) is 0. The summed E-state index contributed by atoms with van der Waals surface area (Å²) in [4.78, 5) is 0. The third kappa shape index (κ3) is 2.61. The molecule has 0 bridgehead atoms. The SMILES string of the molecule is CCCc1ccc(-c2ccc(C)c(C)c2)cc1F. The van der Waals surface area contributed by atoms with Gasteiger partial charge in [0, 0.05) is 0 Å². The minimum atomic E-state index is -0.0902. The molecule has 0 unspecified atom stereocenters. The molecule has 0 saturated heterocycles. The number of rotatable bonds is 3. The van der Waals surface area contributed by atoms with E-state index in [-0.39, 0.29) is 5.82 Å². The van der Waals surface area contributed by atoms with Crippen LogP contribution in [0.15, 0.2) is 36.4 Å². The Bertz CT molecular complexity index is 556. The molecule has 1 heteroatoms. The summed E-state index contributed by atoms with van der Waals surface area (Å²) in [5.74, 6) is -0.0902. The molecule has 2 rings (SSSR count). The third-order valence-corrected chi connectivity index (χ3v) is 3.41. The van der Waals surface area contributed by atoms with Crippen LogP contribution >= 0.6 is 0 Å². The fraction of sp³-hybridized carbons (Fsp3) is 0.294. The van der Waals surface area contributed by atoms with Crippen LogP contribution in [0.4, 0.5) is 4.39 Å². The molecule has 0 aliphatic rings. The van der Waals surface area contributed by atoms with E-state index in [0.717, 1.165) is 29.5 Å². The predicted octanol–water partition coefficient (Wildman–Crippen LogP) is 5.06. The summed E-state index contributed by atoms with van der Waals surface area (Å²) in [5, 5.41) is 0. The van der Waals surface area contributed by atoms with Crippen molar-refractivity contribution in [2.75, 3.05) is 0 Å². The highest BCUT2D eigenvalue weighted by molar-refractivity contribution is 5.65. The van der Waals surface area contributed by atoms with Gasteiger partial charge < -0.3 is 0 Å². The van der Waals surface area contributed by atoms with Crippen molar-refractivity contribution in [1.29, 1.82) is 0 Å². The van der Waals surface area contributed by atoms with Crippen LogP contribution in [-0.2, 0) is 6.42 Å². The second-order valence-electron chi connectivity index (χ2n) is 4.86. The van der Waals surface area contributed by atoms with Crippen molar-refractivity contribution in [3.8, 4) is 11.1 Å². The van der Waals surface area contributed by atoms with Crippen molar-refractivity contribution in [2.24, 2.45) is 0 Å². The Morgan fingerprint density at radius 3 is 2.17 bits per heavy atom. The highest BCUT2D eigenvalue weighted by Crippen LogP contribution is 2.24. The maximum absolute atomic E-state index is 13.9. The highest BCUT2D eigenvalue weighted by atomic mass is 19.1. The van der Waals surface area contributed by atoms with Crippen LogP contribution in [0.5, 0.6) is 0 Å². The first-order chi connectivity index (χ1) is 8.61. The Morgan fingerprint density at radius 2 is 1.56 bits per heavy atom. The van der Waals surface area contributed by atoms with E-state index in [0.29, 0.717) is 0 Å². The standard InChI is InChI=1S/C17H19F/c1-4-5-14-8-9-16(11-17(14)18)15-7-6-12(2)13(3)10-15/h6-11H,4-5H2,1-3H3. The maximum atomic E-state index is 13.9. The van der Waals surface area contributed by atoms with Gasteiger partial charge in [0.1, 0.15) is 5.82 Å². The molecule has 0 saturated carbocycles. The van der Waals surface area contributed by atoms with Crippen molar-refractivity contribution in [2.45, 2.75) is 33.6 Å². The van der Waals surface area contributed by atoms with Gasteiger partial charge in [-0.2, -0.15) is 0 Å². The van der Waals surface area contributed by atoms with Crippen LogP contribution in [0.3, 0.4) is 0 Å². The average Bonchev–Trinajstić information content (AvgIpc) is 2.35. The number of hydrogen-bond acceptors (Lipinski definition) is 0. The van der Waals surface area contributed by atoms with Crippen LogP contribution in [0, 0.1) is 19.7 Å². The molecule has 0 nitrogen and oxygen atoms in total. The molecule has 94 valence electrons. The lowest BCUT2D eigenvalue weighted by Gasteiger charge is -2.08. The van der Waals surface area contributed by atoms with E-state index in [1.165, 1.54) is 11.1 Å². The quantitative estimate of drug-likeness (QED) is 0.705. The Morgan fingerprint density at radius 1 is 0.889 bits per heavy atom. The summed E-state index contributed by atoms with van der Waals surface area (Å²) >= 11 is 0. The van der Waals surface area contributed by atoms with Crippen LogP contribution in [-0.4, -0.2) is 0 Å². The van der Waals surface area contributed by atoms with Gasteiger partial charge in [-0.15, -0.1) is 0 Å². The van der Waals surface area contributed by atoms with Crippen LogP contribution in [0.25, 0.3) is 11.1 Å². The summed E-state index contributed by atoms with van der Waals surface area (Å²) in [6.45, 7) is 6.24. The number of aryl methyl sites for hydroxylation is 3. The van der Waals surface area contributed by atoms with Gasteiger partial charge in [-0.05, 0) is 54.2 Å². The Kier molecular flexibility index (Phi) is 3.81. The van der Waals surface area contributed by atoms with E-state index >= 15 is 0 Å². The van der Waals surface area contributed by atoms with E-state index in [2.05, 4.69) is 39.0 Å². The fourth-order valence-electron chi connectivity index (χ4n) is 2.12. The van der Waals surface area contributed by atoms with E-state index in [1.54, 1.807) is 6.07 Å². The van der Waals surface area contributed by atoms with Gasteiger partial charge in [-0.25, -0.2) is 4.39 Å². The minimum absolute atomic E-state index is 0.0902. The molecule has 18 heavy (non-hydrogen) atoms. The molecule has 0 heterocycles. The lowest BCUT2D eigenvalue weighted by molar-refractivity contribution is 0.608. The van der Waals surface area contributed by atoms with Crippen LogP contribution in [0.1, 0.15) is 30.0 Å². The molecule has 0 aliphatic heterocycles. The zero-order valence-electron chi connectivity index (χ0n) is 11.3. The van der Waals surface area contributed by atoms with Crippen molar-refractivity contribution >= 4 is 0 Å². The molecule has 0 amide bonds. The lowest BCUT2D eigenvalue weighted by Crippen LogP contribution is -1.91. The van der Waals surface area contributed by atoms with E-state index in [9.17, 15) is 4.39 Å². The van der Waals surface area contributed by atoms with Crippen LogP contribution < -0.4 is 0 Å². The summed E-state index contributed by atoms with van der Waals surface area (Å²) in [6, 6.07) is 11.8. The first-order valence-electron chi connectivity index (χ1n) is 6.48. The predicted molar refractivity (Wildman–Crippen MR) is 75.3 cm³/mol. The largest absolute Gasteiger partial charge is 0.207 e. The van der Waals surface area contributed by atoms with Gasteiger partial charge in [0.2, 0.25) is 0 Å². The Labute approximate surface area is 108 Å². The molecule has 0 fully saturated rings. The van der Waals surface area contributed by atoms with Gasteiger partial charge in [-0.1, -0.05) is 43.7 Å². The fourth-order valence-corrected chi connectivity index (χ4v) is 2.12. The molecule has 0 aliphatic carbocycles. The van der Waals surface area contributed by atoms with Gasteiger partial charge in [0.25, 0.3) is 0 Å². The van der Waals surface area contributed by atoms with Gasteiger partial charge in [-0.3, -0.25) is 0 Å². The van der Waals surface area contributed by atoms with E-state index < -0.39 is 0 Å². The Balaban J connectivity index is 2.39. The number of benzene rings is 2. The minimum Gasteiger partial charge on any atom is -0.207 e. The van der Waals surface area contributed by atoms with Crippen molar-refractivity contribution < 1.29 is 4.39 Å². The molecule has 0 N–H and O–H groups in total. The smallest absolute Gasteiger partial charge is 0.127 e. The topological polar surface area (TPSA) is 0 Å². The lowest BCUT2D eigenvalue weighted by atomic mass is 9.98. The second kappa shape index (κ2) is 5.34.